The van der Waals surface area contributed by atoms with Gasteiger partial charge in [0.2, 0.25) is 0 Å². The minimum atomic E-state index is -0.424. The number of hydrogen-bond donors (Lipinski definition) is 2. The minimum absolute atomic E-state index is 0.245. The van der Waals surface area contributed by atoms with E-state index in [1.165, 1.54) is 32.1 Å². The minimum Gasteiger partial charge on any atom is -0.444 e. The standard InChI is InChI=1S/C19H36N2O2/c1-7-19(5,6)13-8-10-14(11-9-13)20-15-12-16(15)21-17(22)23-18(2,3)4/h13-16,20H,7-12H2,1-6H3,(H,21,22). The van der Waals surface area contributed by atoms with Crippen molar-refractivity contribution in [3.05, 3.63) is 0 Å². The van der Waals surface area contributed by atoms with Gasteiger partial charge in [-0.2, -0.15) is 0 Å². The number of rotatable bonds is 5. The molecule has 0 aromatic rings. The van der Waals surface area contributed by atoms with Gasteiger partial charge in [0.1, 0.15) is 5.60 Å². The van der Waals surface area contributed by atoms with Crippen molar-refractivity contribution in [3.8, 4) is 0 Å². The molecule has 2 aliphatic rings. The highest BCUT2D eigenvalue weighted by molar-refractivity contribution is 5.68. The SMILES string of the molecule is CCC(C)(C)C1CCC(NC2CC2NC(=O)OC(C)(C)C)CC1. The van der Waals surface area contributed by atoms with Crippen LogP contribution < -0.4 is 10.6 Å². The van der Waals surface area contributed by atoms with Crippen molar-refractivity contribution in [1.29, 1.82) is 0 Å². The van der Waals surface area contributed by atoms with Gasteiger partial charge in [0.15, 0.2) is 0 Å². The molecule has 4 nitrogen and oxygen atoms in total. The van der Waals surface area contributed by atoms with Crippen LogP contribution in [0.5, 0.6) is 0 Å². The topological polar surface area (TPSA) is 50.4 Å². The predicted molar refractivity (Wildman–Crippen MR) is 94.5 cm³/mol. The molecule has 2 atom stereocenters. The maximum Gasteiger partial charge on any atom is 0.407 e. The van der Waals surface area contributed by atoms with Crippen molar-refractivity contribution in [3.63, 3.8) is 0 Å². The molecular weight excluding hydrogens is 288 g/mol. The molecule has 2 rings (SSSR count). The maximum absolute atomic E-state index is 11.8. The van der Waals surface area contributed by atoms with E-state index in [4.69, 9.17) is 4.74 Å². The lowest BCUT2D eigenvalue weighted by Gasteiger charge is -2.39. The number of amides is 1. The van der Waals surface area contributed by atoms with Gasteiger partial charge in [0.25, 0.3) is 0 Å². The van der Waals surface area contributed by atoms with Crippen molar-refractivity contribution >= 4 is 6.09 Å². The Morgan fingerprint density at radius 3 is 2.17 bits per heavy atom. The van der Waals surface area contributed by atoms with Crippen LogP contribution in [0.3, 0.4) is 0 Å². The van der Waals surface area contributed by atoms with Gasteiger partial charge in [-0.3, -0.25) is 0 Å². The molecule has 0 saturated heterocycles. The van der Waals surface area contributed by atoms with Crippen molar-refractivity contribution in [1.82, 2.24) is 10.6 Å². The molecule has 0 aromatic carbocycles. The number of alkyl carbamates (subject to hydrolysis) is 1. The Morgan fingerprint density at radius 2 is 1.65 bits per heavy atom. The summed E-state index contributed by atoms with van der Waals surface area (Å²) in [6.45, 7) is 12.8. The van der Waals surface area contributed by atoms with Gasteiger partial charge in [0, 0.05) is 18.1 Å². The number of carbonyl (C=O) groups is 1. The van der Waals surface area contributed by atoms with E-state index < -0.39 is 5.60 Å². The fourth-order valence-electron chi connectivity index (χ4n) is 3.63. The average molecular weight is 325 g/mol. The summed E-state index contributed by atoms with van der Waals surface area (Å²) in [5, 5.41) is 6.70. The zero-order valence-electron chi connectivity index (χ0n) is 15.9. The molecule has 23 heavy (non-hydrogen) atoms. The summed E-state index contributed by atoms with van der Waals surface area (Å²) in [5.41, 5.74) is 0.0533. The van der Waals surface area contributed by atoms with Crippen LogP contribution in [0.2, 0.25) is 0 Å². The molecule has 0 radical (unpaired) electrons. The Balaban J connectivity index is 1.66. The monoisotopic (exact) mass is 324 g/mol. The van der Waals surface area contributed by atoms with Crippen molar-refractivity contribution in [2.45, 2.75) is 104 Å². The van der Waals surface area contributed by atoms with Gasteiger partial charge >= 0.3 is 6.09 Å². The van der Waals surface area contributed by atoms with E-state index in [0.717, 1.165) is 12.3 Å². The summed E-state index contributed by atoms with van der Waals surface area (Å²) >= 11 is 0. The second-order valence-electron chi connectivity index (χ2n) is 9.15. The first-order chi connectivity index (χ1) is 10.6. The molecule has 4 heteroatoms. The second-order valence-corrected chi connectivity index (χ2v) is 9.15. The summed E-state index contributed by atoms with van der Waals surface area (Å²) in [6, 6.07) is 1.30. The summed E-state index contributed by atoms with van der Waals surface area (Å²) in [7, 11) is 0. The summed E-state index contributed by atoms with van der Waals surface area (Å²) in [4.78, 5) is 11.8. The summed E-state index contributed by atoms with van der Waals surface area (Å²) in [6.07, 6.45) is 7.19. The highest BCUT2D eigenvalue weighted by Crippen LogP contribution is 2.40. The Morgan fingerprint density at radius 1 is 1.04 bits per heavy atom. The van der Waals surface area contributed by atoms with Gasteiger partial charge in [0.05, 0.1) is 0 Å². The fraction of sp³-hybridized carbons (Fsp3) is 0.947. The number of carbonyl (C=O) groups excluding carboxylic acids is 1. The zero-order valence-corrected chi connectivity index (χ0v) is 15.9. The number of nitrogens with one attached hydrogen (secondary N) is 2. The lowest BCUT2D eigenvalue weighted by molar-refractivity contribution is 0.0521. The molecule has 0 heterocycles. The molecule has 0 aliphatic heterocycles. The second kappa shape index (κ2) is 7.00. The lowest BCUT2D eigenvalue weighted by Crippen LogP contribution is -2.41. The first-order valence-electron chi connectivity index (χ1n) is 9.36. The molecule has 2 aliphatic carbocycles. The van der Waals surface area contributed by atoms with Gasteiger partial charge in [-0.25, -0.2) is 4.79 Å². The predicted octanol–water partition coefficient (Wildman–Crippen LogP) is 4.24. The molecule has 0 aromatic heterocycles. The normalized spacial score (nSPS) is 31.6. The first-order valence-corrected chi connectivity index (χ1v) is 9.36. The smallest absolute Gasteiger partial charge is 0.407 e. The van der Waals surface area contributed by atoms with Crippen LogP contribution in [0.1, 0.15) is 80.1 Å². The highest BCUT2D eigenvalue weighted by Gasteiger charge is 2.41. The third-order valence-corrected chi connectivity index (χ3v) is 5.69. The third kappa shape index (κ3) is 5.66. The van der Waals surface area contributed by atoms with E-state index in [0.29, 0.717) is 17.5 Å². The van der Waals surface area contributed by atoms with Crippen LogP contribution in [0.15, 0.2) is 0 Å². The van der Waals surface area contributed by atoms with E-state index in [1.807, 2.05) is 20.8 Å². The molecule has 2 N–H and O–H groups in total. The first kappa shape index (κ1) is 18.6. The Hall–Kier alpha value is -0.770. The maximum atomic E-state index is 11.8. The van der Waals surface area contributed by atoms with Gasteiger partial charge < -0.3 is 15.4 Å². The molecule has 1 amide bonds. The van der Waals surface area contributed by atoms with Crippen LogP contribution >= 0.6 is 0 Å². The van der Waals surface area contributed by atoms with Crippen LogP contribution in [0.25, 0.3) is 0 Å². The summed E-state index contributed by atoms with van der Waals surface area (Å²) < 4.78 is 5.31. The molecule has 134 valence electrons. The fourth-order valence-corrected chi connectivity index (χ4v) is 3.63. The molecule has 0 bridgehead atoms. The van der Waals surface area contributed by atoms with Crippen LogP contribution in [0, 0.1) is 11.3 Å². The Labute approximate surface area is 142 Å². The zero-order chi connectivity index (χ0) is 17.3. The van der Waals surface area contributed by atoms with Crippen molar-refractivity contribution in [2.75, 3.05) is 0 Å². The molecular formula is C19H36N2O2. The van der Waals surface area contributed by atoms with Gasteiger partial charge in [-0.15, -0.1) is 0 Å². The number of hydrogen-bond acceptors (Lipinski definition) is 3. The van der Waals surface area contributed by atoms with Crippen LogP contribution in [-0.2, 0) is 4.74 Å². The van der Waals surface area contributed by atoms with Gasteiger partial charge in [-0.1, -0.05) is 27.2 Å². The van der Waals surface area contributed by atoms with E-state index in [9.17, 15) is 4.79 Å². The van der Waals surface area contributed by atoms with E-state index in [2.05, 4.69) is 31.4 Å². The summed E-state index contributed by atoms with van der Waals surface area (Å²) in [5.74, 6) is 0.862. The Kier molecular flexibility index (Phi) is 5.65. The van der Waals surface area contributed by atoms with Crippen LogP contribution in [0.4, 0.5) is 4.79 Å². The van der Waals surface area contributed by atoms with E-state index in [-0.39, 0.29) is 12.1 Å². The van der Waals surface area contributed by atoms with E-state index >= 15 is 0 Å². The highest BCUT2D eigenvalue weighted by atomic mass is 16.6. The van der Waals surface area contributed by atoms with Crippen molar-refractivity contribution < 1.29 is 9.53 Å². The molecule has 0 spiro atoms. The number of ether oxygens (including phenoxy) is 1. The largest absolute Gasteiger partial charge is 0.444 e. The quantitative estimate of drug-likeness (QED) is 0.795. The average Bonchev–Trinajstić information content (AvgIpc) is 3.14. The third-order valence-electron chi connectivity index (χ3n) is 5.69. The Bertz CT molecular complexity index is 406. The molecule has 2 unspecified atom stereocenters. The lowest BCUT2D eigenvalue weighted by atomic mass is 9.69. The van der Waals surface area contributed by atoms with Crippen molar-refractivity contribution in [2.24, 2.45) is 11.3 Å². The van der Waals surface area contributed by atoms with E-state index in [1.54, 1.807) is 0 Å². The molecule has 2 saturated carbocycles. The van der Waals surface area contributed by atoms with Gasteiger partial charge in [-0.05, 0) is 64.2 Å². The van der Waals surface area contributed by atoms with Crippen LogP contribution in [-0.4, -0.2) is 29.8 Å². The molecule has 2 fully saturated rings.